The molecule has 0 aliphatic carbocycles. The first-order valence-corrected chi connectivity index (χ1v) is 6.09. The molecule has 1 aromatic rings. The maximum Gasteiger partial charge on any atom is 0.239 e. The molecule has 0 unspecified atom stereocenters. The van der Waals surface area contributed by atoms with E-state index in [4.69, 9.17) is 5.73 Å². The van der Waals surface area contributed by atoms with Crippen LogP contribution in [0.5, 0.6) is 0 Å². The Kier molecular flexibility index (Phi) is 9.32. The fourth-order valence-corrected chi connectivity index (χ4v) is 1.47. The molecule has 0 saturated carbocycles. The minimum absolute atomic E-state index is 0. The van der Waals surface area contributed by atoms with Crippen molar-refractivity contribution in [3.63, 3.8) is 0 Å². The molecule has 1 rings (SSSR count). The van der Waals surface area contributed by atoms with Gasteiger partial charge in [0, 0.05) is 6.54 Å². The number of benzene rings is 1. The van der Waals surface area contributed by atoms with Crippen LogP contribution in [0.3, 0.4) is 0 Å². The molecule has 0 spiro atoms. The fraction of sp³-hybridized carbons (Fsp3) is 0.385. The van der Waals surface area contributed by atoms with Crippen LogP contribution in [0.25, 0.3) is 0 Å². The molecule has 0 fully saturated rings. The lowest BCUT2D eigenvalue weighted by Crippen LogP contribution is -2.38. The van der Waals surface area contributed by atoms with E-state index in [1.54, 1.807) is 6.07 Å². The summed E-state index contributed by atoms with van der Waals surface area (Å²) in [5, 5.41) is 5.09. The van der Waals surface area contributed by atoms with E-state index < -0.39 is 0 Å². The smallest absolute Gasteiger partial charge is 0.239 e. The van der Waals surface area contributed by atoms with Gasteiger partial charge in [0.05, 0.1) is 13.0 Å². The number of amides is 2. The molecule has 0 aliphatic heterocycles. The summed E-state index contributed by atoms with van der Waals surface area (Å²) in [4.78, 5) is 22.8. The summed E-state index contributed by atoms with van der Waals surface area (Å²) < 4.78 is 12.9. The Hall–Kier alpha value is -1.66. The lowest BCUT2D eigenvalue weighted by atomic mass is 10.1. The van der Waals surface area contributed by atoms with Gasteiger partial charge in [-0.3, -0.25) is 9.59 Å². The molecule has 7 heteroatoms. The summed E-state index contributed by atoms with van der Waals surface area (Å²) in [6, 6.07) is 5.80. The van der Waals surface area contributed by atoms with Gasteiger partial charge in [0.25, 0.3) is 0 Å². The number of nitrogens with one attached hydrogen (secondary N) is 2. The maximum atomic E-state index is 12.9. The molecule has 0 bridgehead atoms. The van der Waals surface area contributed by atoms with Gasteiger partial charge in [0.1, 0.15) is 5.82 Å². The van der Waals surface area contributed by atoms with E-state index >= 15 is 0 Å². The van der Waals surface area contributed by atoms with Gasteiger partial charge < -0.3 is 16.4 Å². The molecule has 0 aliphatic rings. The van der Waals surface area contributed by atoms with Crippen LogP contribution in [-0.4, -0.2) is 31.4 Å². The van der Waals surface area contributed by atoms with Crippen LogP contribution in [0.2, 0.25) is 0 Å². The van der Waals surface area contributed by atoms with Gasteiger partial charge in [0.2, 0.25) is 11.8 Å². The normalized spacial score (nSPS) is 9.50. The second kappa shape index (κ2) is 10.2. The van der Waals surface area contributed by atoms with E-state index in [0.717, 1.165) is 0 Å². The van der Waals surface area contributed by atoms with Crippen LogP contribution in [0.1, 0.15) is 12.0 Å². The van der Waals surface area contributed by atoms with Crippen molar-refractivity contribution in [2.45, 2.75) is 12.8 Å². The zero-order chi connectivity index (χ0) is 14.1. The third-order valence-electron chi connectivity index (χ3n) is 2.40. The van der Waals surface area contributed by atoms with Crippen molar-refractivity contribution >= 4 is 24.2 Å². The van der Waals surface area contributed by atoms with Crippen LogP contribution >= 0.6 is 12.4 Å². The van der Waals surface area contributed by atoms with Crippen molar-refractivity contribution in [1.29, 1.82) is 0 Å². The average Bonchev–Trinajstić information content (AvgIpc) is 2.37. The third kappa shape index (κ3) is 7.70. The number of rotatable bonds is 7. The van der Waals surface area contributed by atoms with E-state index in [1.807, 2.05) is 0 Å². The number of nitrogens with two attached hydrogens (primary N) is 1. The Balaban J connectivity index is 0.00000361. The number of carbonyl (C=O) groups is 2. The summed E-state index contributed by atoms with van der Waals surface area (Å²) in [5.41, 5.74) is 5.85. The minimum Gasteiger partial charge on any atom is -0.355 e. The van der Waals surface area contributed by atoms with Crippen molar-refractivity contribution < 1.29 is 14.0 Å². The lowest BCUT2D eigenvalue weighted by Gasteiger charge is -2.06. The topological polar surface area (TPSA) is 84.2 Å². The van der Waals surface area contributed by atoms with Gasteiger partial charge in [-0.05, 0) is 30.7 Å². The fourth-order valence-electron chi connectivity index (χ4n) is 1.47. The first kappa shape index (κ1) is 18.3. The van der Waals surface area contributed by atoms with Gasteiger partial charge >= 0.3 is 0 Å². The SMILES string of the molecule is Cl.NCCCNC(=O)CNC(=O)Cc1cccc(F)c1. The summed E-state index contributed by atoms with van der Waals surface area (Å²) >= 11 is 0. The van der Waals surface area contributed by atoms with Gasteiger partial charge in [0.15, 0.2) is 0 Å². The average molecular weight is 304 g/mol. The number of hydrogen-bond acceptors (Lipinski definition) is 3. The molecule has 0 atom stereocenters. The summed E-state index contributed by atoms with van der Waals surface area (Å²) in [5.74, 6) is -0.967. The van der Waals surface area contributed by atoms with Gasteiger partial charge in [-0.15, -0.1) is 12.4 Å². The number of hydrogen-bond donors (Lipinski definition) is 3. The highest BCUT2D eigenvalue weighted by Crippen LogP contribution is 2.03. The van der Waals surface area contributed by atoms with Crippen LogP contribution in [0.15, 0.2) is 24.3 Å². The standard InChI is InChI=1S/C13H18FN3O2.ClH/c14-11-4-1-3-10(7-11)8-12(18)17-9-13(19)16-6-2-5-15;/h1,3-4,7H,2,5-6,8-9,15H2,(H,16,19)(H,17,18);1H. The predicted molar refractivity (Wildman–Crippen MR) is 77.0 cm³/mol. The van der Waals surface area contributed by atoms with Crippen molar-refractivity contribution in [2.24, 2.45) is 5.73 Å². The van der Waals surface area contributed by atoms with Crippen molar-refractivity contribution in [3.8, 4) is 0 Å². The Morgan fingerprint density at radius 3 is 2.60 bits per heavy atom. The van der Waals surface area contributed by atoms with E-state index in [2.05, 4.69) is 10.6 Å². The molecular weight excluding hydrogens is 285 g/mol. The Labute approximate surface area is 123 Å². The molecule has 112 valence electrons. The van der Waals surface area contributed by atoms with E-state index in [-0.39, 0.29) is 43.0 Å². The van der Waals surface area contributed by atoms with Crippen LogP contribution in [0, 0.1) is 5.82 Å². The van der Waals surface area contributed by atoms with Crippen LogP contribution in [0.4, 0.5) is 4.39 Å². The number of halogens is 2. The molecule has 20 heavy (non-hydrogen) atoms. The first-order valence-electron chi connectivity index (χ1n) is 6.09. The summed E-state index contributed by atoms with van der Waals surface area (Å²) in [6.07, 6.45) is 0.747. The van der Waals surface area contributed by atoms with Crippen molar-refractivity contribution in [3.05, 3.63) is 35.6 Å². The lowest BCUT2D eigenvalue weighted by molar-refractivity contribution is -0.125. The van der Waals surface area contributed by atoms with E-state index in [9.17, 15) is 14.0 Å². The Morgan fingerprint density at radius 1 is 1.20 bits per heavy atom. The maximum absolute atomic E-state index is 12.9. The highest BCUT2D eigenvalue weighted by Gasteiger charge is 2.06. The predicted octanol–water partition coefficient (Wildman–Crippen LogP) is 0.371. The van der Waals surface area contributed by atoms with Gasteiger partial charge in [-0.2, -0.15) is 0 Å². The van der Waals surface area contributed by atoms with Crippen LogP contribution < -0.4 is 16.4 Å². The second-order valence-corrected chi connectivity index (χ2v) is 4.08. The molecule has 2 amide bonds. The summed E-state index contributed by atoms with van der Waals surface area (Å²) in [6.45, 7) is 0.917. The zero-order valence-electron chi connectivity index (χ0n) is 11.0. The molecule has 0 saturated heterocycles. The molecule has 4 N–H and O–H groups in total. The van der Waals surface area contributed by atoms with Crippen LogP contribution in [-0.2, 0) is 16.0 Å². The molecule has 0 aromatic heterocycles. The highest BCUT2D eigenvalue weighted by molar-refractivity contribution is 5.85. The van der Waals surface area contributed by atoms with Crippen molar-refractivity contribution in [1.82, 2.24) is 10.6 Å². The highest BCUT2D eigenvalue weighted by atomic mass is 35.5. The zero-order valence-corrected chi connectivity index (χ0v) is 11.8. The summed E-state index contributed by atoms with van der Waals surface area (Å²) in [7, 11) is 0. The third-order valence-corrected chi connectivity index (χ3v) is 2.40. The molecule has 5 nitrogen and oxygen atoms in total. The van der Waals surface area contributed by atoms with Crippen molar-refractivity contribution in [2.75, 3.05) is 19.6 Å². The van der Waals surface area contributed by atoms with E-state index in [1.165, 1.54) is 18.2 Å². The molecule has 0 heterocycles. The van der Waals surface area contributed by atoms with E-state index in [0.29, 0.717) is 25.1 Å². The van der Waals surface area contributed by atoms with Gasteiger partial charge in [-0.25, -0.2) is 4.39 Å². The minimum atomic E-state index is -0.384. The molecular formula is C13H19ClFN3O2. The second-order valence-electron chi connectivity index (χ2n) is 4.08. The first-order chi connectivity index (χ1) is 9.11. The Morgan fingerprint density at radius 2 is 1.95 bits per heavy atom. The quantitative estimate of drug-likeness (QED) is 0.636. The monoisotopic (exact) mass is 303 g/mol. The largest absolute Gasteiger partial charge is 0.355 e. The molecule has 0 radical (unpaired) electrons. The number of carbonyl (C=O) groups excluding carboxylic acids is 2. The Bertz CT molecular complexity index is 443. The molecule has 1 aromatic carbocycles. The van der Waals surface area contributed by atoms with Gasteiger partial charge in [-0.1, -0.05) is 12.1 Å².